The fourth-order valence-corrected chi connectivity index (χ4v) is 1.54. The van der Waals surface area contributed by atoms with Gasteiger partial charge in [0, 0.05) is 19.2 Å². The fraction of sp³-hybridized carbons (Fsp3) is 0.400. The van der Waals surface area contributed by atoms with Gasteiger partial charge >= 0.3 is 0 Å². The van der Waals surface area contributed by atoms with E-state index in [9.17, 15) is 10.1 Å². The maximum atomic E-state index is 10.8. The topological polar surface area (TPSA) is 67.2 Å². The Morgan fingerprint density at radius 3 is 2.80 bits per heavy atom. The van der Waals surface area contributed by atoms with Crippen molar-refractivity contribution in [2.24, 2.45) is 0 Å². The second-order valence-electron chi connectivity index (χ2n) is 3.78. The van der Waals surface area contributed by atoms with Crippen LogP contribution in [0.2, 0.25) is 0 Å². The predicted molar refractivity (Wildman–Crippen MR) is 58.1 cm³/mol. The van der Waals surface area contributed by atoms with Crippen LogP contribution in [0.25, 0.3) is 0 Å². The average molecular weight is 207 g/mol. The maximum absolute atomic E-state index is 10.8. The Kier molecular flexibility index (Phi) is 2.55. The van der Waals surface area contributed by atoms with Crippen molar-refractivity contribution in [1.82, 2.24) is 5.32 Å². The summed E-state index contributed by atoms with van der Waals surface area (Å²) in [5.74, 6) is 0. The molecule has 1 heterocycles. The summed E-state index contributed by atoms with van der Waals surface area (Å²) in [6, 6.07) is 5.42. The van der Waals surface area contributed by atoms with Crippen LogP contribution in [0.1, 0.15) is 5.56 Å². The predicted octanol–water partition coefficient (Wildman–Crippen LogP) is 1.29. The molecular formula is C10H13N3O2. The molecule has 0 bridgehead atoms. The molecule has 5 nitrogen and oxygen atoms in total. The SMILES string of the molecule is Cc1ccc([N+](=O)[O-])c(NC2CNC2)c1. The molecule has 0 amide bonds. The van der Waals surface area contributed by atoms with Crippen LogP contribution in [0.15, 0.2) is 18.2 Å². The zero-order valence-electron chi connectivity index (χ0n) is 8.49. The van der Waals surface area contributed by atoms with Crippen molar-refractivity contribution < 1.29 is 4.92 Å². The van der Waals surface area contributed by atoms with Crippen LogP contribution in [-0.4, -0.2) is 24.1 Å². The number of nitrogens with one attached hydrogen (secondary N) is 2. The van der Waals surface area contributed by atoms with Crippen molar-refractivity contribution >= 4 is 11.4 Å². The van der Waals surface area contributed by atoms with Gasteiger partial charge in [-0.3, -0.25) is 10.1 Å². The highest BCUT2D eigenvalue weighted by molar-refractivity contribution is 5.63. The quantitative estimate of drug-likeness (QED) is 0.579. The Morgan fingerprint density at radius 2 is 2.27 bits per heavy atom. The molecule has 0 spiro atoms. The van der Waals surface area contributed by atoms with Crippen molar-refractivity contribution in [3.8, 4) is 0 Å². The zero-order valence-corrected chi connectivity index (χ0v) is 8.49. The number of nitro groups is 1. The maximum Gasteiger partial charge on any atom is 0.292 e. The first-order valence-corrected chi connectivity index (χ1v) is 4.89. The van der Waals surface area contributed by atoms with Gasteiger partial charge in [-0.05, 0) is 18.6 Å². The molecule has 0 unspecified atom stereocenters. The molecule has 1 saturated heterocycles. The van der Waals surface area contributed by atoms with Gasteiger partial charge in [0.1, 0.15) is 5.69 Å². The number of rotatable bonds is 3. The van der Waals surface area contributed by atoms with E-state index in [0.717, 1.165) is 18.7 Å². The summed E-state index contributed by atoms with van der Waals surface area (Å²) in [7, 11) is 0. The molecule has 2 N–H and O–H groups in total. The molecule has 1 aromatic carbocycles. The summed E-state index contributed by atoms with van der Waals surface area (Å²) >= 11 is 0. The number of benzene rings is 1. The molecule has 2 rings (SSSR count). The standard InChI is InChI=1S/C10H13N3O2/c1-7-2-3-10(13(14)15)9(4-7)12-8-5-11-6-8/h2-4,8,11-12H,5-6H2,1H3. The molecule has 1 aromatic rings. The van der Waals surface area contributed by atoms with Gasteiger partial charge < -0.3 is 10.6 Å². The van der Waals surface area contributed by atoms with Gasteiger partial charge in [0.15, 0.2) is 0 Å². The Bertz CT molecular complexity index is 388. The third kappa shape index (κ3) is 2.07. The van der Waals surface area contributed by atoms with Gasteiger partial charge in [-0.25, -0.2) is 0 Å². The minimum Gasteiger partial charge on any atom is -0.374 e. The lowest BCUT2D eigenvalue weighted by Crippen LogP contribution is -2.51. The van der Waals surface area contributed by atoms with Crippen LogP contribution in [0.5, 0.6) is 0 Å². The number of aryl methyl sites for hydroxylation is 1. The first-order valence-electron chi connectivity index (χ1n) is 4.89. The monoisotopic (exact) mass is 207 g/mol. The highest BCUT2D eigenvalue weighted by atomic mass is 16.6. The lowest BCUT2D eigenvalue weighted by molar-refractivity contribution is -0.384. The number of hydrogen-bond donors (Lipinski definition) is 2. The van der Waals surface area contributed by atoms with Gasteiger partial charge in [0.25, 0.3) is 5.69 Å². The highest BCUT2D eigenvalue weighted by Crippen LogP contribution is 2.26. The highest BCUT2D eigenvalue weighted by Gasteiger charge is 2.20. The Labute approximate surface area is 87.6 Å². The van der Waals surface area contributed by atoms with E-state index < -0.39 is 0 Å². The minimum absolute atomic E-state index is 0.146. The van der Waals surface area contributed by atoms with Crippen LogP contribution >= 0.6 is 0 Å². The van der Waals surface area contributed by atoms with E-state index in [2.05, 4.69) is 10.6 Å². The number of hydrogen-bond acceptors (Lipinski definition) is 4. The van der Waals surface area contributed by atoms with Gasteiger partial charge in [0.2, 0.25) is 0 Å². The molecule has 0 aliphatic carbocycles. The van der Waals surface area contributed by atoms with Crippen LogP contribution in [0.4, 0.5) is 11.4 Å². The van der Waals surface area contributed by atoms with E-state index in [-0.39, 0.29) is 10.6 Å². The van der Waals surface area contributed by atoms with Crippen molar-refractivity contribution in [1.29, 1.82) is 0 Å². The molecule has 5 heteroatoms. The summed E-state index contributed by atoms with van der Waals surface area (Å²) in [6.45, 7) is 3.66. The van der Waals surface area contributed by atoms with Crippen molar-refractivity contribution in [3.05, 3.63) is 33.9 Å². The average Bonchev–Trinajstić information content (AvgIpc) is 2.11. The molecule has 0 aromatic heterocycles. The summed E-state index contributed by atoms with van der Waals surface area (Å²) < 4.78 is 0. The molecule has 1 fully saturated rings. The lowest BCUT2D eigenvalue weighted by Gasteiger charge is -2.28. The van der Waals surface area contributed by atoms with Gasteiger partial charge in [-0.15, -0.1) is 0 Å². The van der Waals surface area contributed by atoms with Crippen LogP contribution in [-0.2, 0) is 0 Å². The summed E-state index contributed by atoms with van der Waals surface area (Å²) in [5, 5.41) is 17.0. The van der Waals surface area contributed by atoms with E-state index in [1.807, 2.05) is 13.0 Å². The van der Waals surface area contributed by atoms with E-state index in [1.165, 1.54) is 0 Å². The molecule has 0 atom stereocenters. The molecule has 0 saturated carbocycles. The third-order valence-electron chi connectivity index (χ3n) is 2.49. The molecular weight excluding hydrogens is 194 g/mol. The van der Waals surface area contributed by atoms with Crippen LogP contribution < -0.4 is 10.6 Å². The van der Waals surface area contributed by atoms with Crippen molar-refractivity contribution in [2.75, 3.05) is 18.4 Å². The number of nitro benzene ring substituents is 1. The zero-order chi connectivity index (χ0) is 10.8. The van der Waals surface area contributed by atoms with E-state index in [1.54, 1.807) is 12.1 Å². The summed E-state index contributed by atoms with van der Waals surface area (Å²) in [4.78, 5) is 10.4. The Morgan fingerprint density at radius 1 is 1.53 bits per heavy atom. The molecule has 1 aliphatic heterocycles. The number of nitrogens with zero attached hydrogens (tertiary/aromatic N) is 1. The Balaban J connectivity index is 2.24. The smallest absolute Gasteiger partial charge is 0.292 e. The number of anilines is 1. The normalized spacial score (nSPS) is 15.8. The van der Waals surface area contributed by atoms with E-state index in [0.29, 0.717) is 11.7 Å². The second-order valence-corrected chi connectivity index (χ2v) is 3.78. The van der Waals surface area contributed by atoms with Crippen LogP contribution in [0.3, 0.4) is 0 Å². The van der Waals surface area contributed by atoms with E-state index in [4.69, 9.17) is 0 Å². The van der Waals surface area contributed by atoms with Gasteiger partial charge in [-0.1, -0.05) is 6.07 Å². The first kappa shape index (κ1) is 9.92. The fourth-order valence-electron chi connectivity index (χ4n) is 1.54. The summed E-state index contributed by atoms with van der Waals surface area (Å²) in [5.41, 5.74) is 1.79. The van der Waals surface area contributed by atoms with Crippen molar-refractivity contribution in [2.45, 2.75) is 13.0 Å². The molecule has 15 heavy (non-hydrogen) atoms. The largest absolute Gasteiger partial charge is 0.374 e. The molecule has 80 valence electrons. The third-order valence-corrected chi connectivity index (χ3v) is 2.49. The lowest BCUT2D eigenvalue weighted by atomic mass is 10.1. The van der Waals surface area contributed by atoms with Crippen molar-refractivity contribution in [3.63, 3.8) is 0 Å². The second kappa shape index (κ2) is 3.86. The Hall–Kier alpha value is -1.62. The first-order chi connectivity index (χ1) is 7.16. The van der Waals surface area contributed by atoms with Gasteiger partial charge in [0.05, 0.1) is 11.0 Å². The molecule has 0 radical (unpaired) electrons. The van der Waals surface area contributed by atoms with Crippen LogP contribution in [0, 0.1) is 17.0 Å². The van der Waals surface area contributed by atoms with Gasteiger partial charge in [-0.2, -0.15) is 0 Å². The molecule has 1 aliphatic rings. The van der Waals surface area contributed by atoms with E-state index >= 15 is 0 Å². The summed E-state index contributed by atoms with van der Waals surface area (Å²) in [6.07, 6.45) is 0. The minimum atomic E-state index is -0.353.